The summed E-state index contributed by atoms with van der Waals surface area (Å²) in [6, 6.07) is 9.45. The molecule has 2 aliphatic heterocycles. The van der Waals surface area contributed by atoms with Crippen LogP contribution in [0.25, 0.3) is 0 Å². The van der Waals surface area contributed by atoms with E-state index in [4.69, 9.17) is 22.6 Å². The van der Waals surface area contributed by atoms with Gasteiger partial charge >= 0.3 is 0 Å². The van der Waals surface area contributed by atoms with E-state index in [1.54, 1.807) is 16.0 Å². The Morgan fingerprint density at radius 1 is 0.655 bits per heavy atom. The Hall–Kier alpha value is -4.36. The number of carbonyl (C=O) groups is 2. The van der Waals surface area contributed by atoms with E-state index in [2.05, 4.69) is 91.2 Å². The van der Waals surface area contributed by atoms with E-state index >= 15 is 0 Å². The molecule has 7 heteroatoms. The molecule has 1 amide bonds. The van der Waals surface area contributed by atoms with Crippen LogP contribution in [0.1, 0.15) is 130 Å². The molecule has 2 saturated heterocycles. The number of benzene rings is 2. The molecule has 2 aliphatic carbocycles. The molecule has 2 unspecified atom stereocenters. The van der Waals surface area contributed by atoms with Crippen molar-refractivity contribution in [1.29, 1.82) is 0 Å². The van der Waals surface area contributed by atoms with Crippen molar-refractivity contribution in [2.45, 2.75) is 119 Å². The van der Waals surface area contributed by atoms with Crippen molar-refractivity contribution in [1.82, 2.24) is 20.2 Å². The minimum absolute atomic E-state index is 0.287. The van der Waals surface area contributed by atoms with Gasteiger partial charge in [-0.15, -0.1) is 0 Å². The van der Waals surface area contributed by atoms with Gasteiger partial charge in [0.15, 0.2) is 1.37 Å². The Bertz CT molecular complexity index is 2130. The molecule has 0 saturated carbocycles. The second-order valence-electron chi connectivity index (χ2n) is 16.7. The lowest BCUT2D eigenvalue weighted by atomic mass is 9.74. The van der Waals surface area contributed by atoms with Crippen LogP contribution in [0, 0.1) is 67.2 Å². The molecule has 2 aromatic carbocycles. The van der Waals surface area contributed by atoms with Crippen LogP contribution in [-0.4, -0.2) is 59.0 Å². The first kappa shape index (κ1) is 37.6. The van der Waals surface area contributed by atoms with E-state index in [9.17, 15) is 4.79 Å². The normalized spacial score (nSPS) is 20.0. The lowest BCUT2D eigenvalue weighted by Crippen LogP contribution is -2.35. The summed E-state index contributed by atoms with van der Waals surface area (Å²) < 4.78 is 12.9. The van der Waals surface area contributed by atoms with Crippen LogP contribution in [-0.2, 0) is 35.3 Å². The Kier molecular flexibility index (Phi) is 12.0. The molecular formula is C48H62N4O3. The van der Waals surface area contributed by atoms with Crippen molar-refractivity contribution in [3.63, 3.8) is 0 Å². The van der Waals surface area contributed by atoms with Gasteiger partial charge in [0.05, 0.1) is 11.4 Å². The molecule has 2 fully saturated rings. The Balaban J connectivity index is 0.000000177. The molecule has 2 aromatic heterocycles. The zero-order valence-electron chi connectivity index (χ0n) is 36.4. The molecule has 7 nitrogen and oxygen atoms in total. The molecule has 0 bridgehead atoms. The van der Waals surface area contributed by atoms with Crippen LogP contribution in [0.2, 0.25) is 0 Å². The van der Waals surface area contributed by atoms with Crippen molar-refractivity contribution in [2.24, 2.45) is 11.8 Å². The average Bonchev–Trinajstić information content (AvgIpc) is 3.45. The van der Waals surface area contributed by atoms with Gasteiger partial charge in [-0.2, -0.15) is 0 Å². The number of likely N-dealkylation sites (tertiary alicyclic amines) is 1. The summed E-state index contributed by atoms with van der Waals surface area (Å²) in [5, 5.41) is 10.6. The summed E-state index contributed by atoms with van der Waals surface area (Å²) in [6.45, 7) is 21.6. The van der Waals surface area contributed by atoms with E-state index in [1.165, 1.54) is 91.0 Å². The lowest BCUT2D eigenvalue weighted by Gasteiger charge is -2.36. The Morgan fingerprint density at radius 3 is 1.49 bits per heavy atom. The first-order valence-electron chi connectivity index (χ1n) is 21.4. The number of carboxylic acid groups (broad SMARTS) is 1. The van der Waals surface area contributed by atoms with E-state index in [0.717, 1.165) is 51.6 Å². The largest absolute Gasteiger partial charge is 0.483 e. The molecule has 0 radical (unpaired) electrons. The average molecular weight is 747 g/mol. The minimum atomic E-state index is -1.58. The van der Waals surface area contributed by atoms with Crippen molar-refractivity contribution in [3.05, 3.63) is 126 Å². The maximum absolute atomic E-state index is 11.5. The molecule has 8 rings (SSSR count). The van der Waals surface area contributed by atoms with Gasteiger partial charge in [-0.25, -0.2) is 0 Å². The van der Waals surface area contributed by atoms with Crippen LogP contribution in [0.4, 0.5) is 0 Å². The number of amides is 1. The fraction of sp³-hybridized carbons (Fsp3) is 0.500. The Morgan fingerprint density at radius 2 is 1.07 bits per heavy atom. The third kappa shape index (κ3) is 8.42. The number of rotatable bonds is 2. The van der Waals surface area contributed by atoms with Gasteiger partial charge in [0.2, 0.25) is 6.39 Å². The van der Waals surface area contributed by atoms with Gasteiger partial charge in [0.25, 0.3) is 6.45 Å². The van der Waals surface area contributed by atoms with Gasteiger partial charge in [-0.3, -0.25) is 19.6 Å². The van der Waals surface area contributed by atoms with Gasteiger partial charge in [-0.05, 0) is 210 Å². The monoisotopic (exact) mass is 746 g/mol. The predicted molar refractivity (Wildman–Crippen MR) is 222 cm³/mol. The molecule has 4 aliphatic rings. The van der Waals surface area contributed by atoms with E-state index < -0.39 is 12.8 Å². The highest BCUT2D eigenvalue weighted by atomic mass is 16.3. The quantitative estimate of drug-likeness (QED) is 0.200. The number of piperidine rings is 2. The zero-order chi connectivity index (χ0) is 41.1. The molecule has 292 valence electrons. The van der Waals surface area contributed by atoms with E-state index in [-0.39, 0.29) is 5.92 Å². The Labute approximate surface area is 332 Å². The first-order chi connectivity index (χ1) is 27.2. The van der Waals surface area contributed by atoms with Crippen molar-refractivity contribution in [2.75, 3.05) is 26.2 Å². The highest BCUT2D eigenvalue weighted by Gasteiger charge is 2.36. The van der Waals surface area contributed by atoms with Crippen molar-refractivity contribution in [3.8, 4) is 0 Å². The van der Waals surface area contributed by atoms with Gasteiger partial charge < -0.3 is 15.3 Å². The second-order valence-corrected chi connectivity index (χ2v) is 16.7. The third-order valence-corrected chi connectivity index (χ3v) is 13.2. The molecule has 4 aromatic rings. The topological polar surface area (TPSA) is 95.4 Å². The summed E-state index contributed by atoms with van der Waals surface area (Å²) in [6.07, 6.45) is 10.7. The number of nitrogens with zero attached hydrogens (tertiary/aromatic N) is 3. The smallest absolute Gasteiger partial charge is 0.290 e. The molecule has 4 heterocycles. The fourth-order valence-corrected chi connectivity index (χ4v) is 10.3. The number of hydrogen-bond acceptors (Lipinski definition) is 5. The van der Waals surface area contributed by atoms with Crippen LogP contribution in [0.3, 0.4) is 0 Å². The predicted octanol–water partition coefficient (Wildman–Crippen LogP) is 8.66. The summed E-state index contributed by atoms with van der Waals surface area (Å²) >= 11 is 0. The van der Waals surface area contributed by atoms with Crippen LogP contribution in [0.15, 0.2) is 36.7 Å². The lowest BCUT2D eigenvalue weighted by molar-refractivity contribution is -0.123. The SMILES string of the molecule is Cc1cnc2c(c1)CCc1c(C)c(C)cc(C)c1C2C1CCNCC1.[3H]C(=O)N1CCC(C2c3ncc(C)cc3CCc3c(C)c(C)cc(C)c32)CC1.[3H]C(=O)O. The number of aromatic nitrogens is 2. The second kappa shape index (κ2) is 17.6. The zero-order valence-corrected chi connectivity index (χ0v) is 34.4. The maximum Gasteiger partial charge on any atom is 0.290 e. The van der Waals surface area contributed by atoms with Gasteiger partial charge in [0, 0.05) is 37.3 Å². The van der Waals surface area contributed by atoms with Gasteiger partial charge in [-0.1, -0.05) is 24.3 Å². The van der Waals surface area contributed by atoms with E-state index in [0.29, 0.717) is 30.8 Å². The standard InChI is InChI=1S/C24H30N2O.C23H30N2.CH2O2/c1-15-11-20-5-6-21-18(4)16(2)12-17(3)22(21)23(24(20)25-13-15)19-7-9-26(14-27)10-8-19;1-14-11-19-5-6-20-17(4)15(2)12-16(3)21(20)22(23(19)25-13-14)18-7-9-24-10-8-18;2-1-3/h11-14,19,23H,5-10H2,1-4H3;11-13,18,22,24H,5-10H2,1-4H3;1H,(H,2,3)/i14T;;1T. The minimum Gasteiger partial charge on any atom is -0.483 e. The third-order valence-electron chi connectivity index (χ3n) is 13.2. The summed E-state index contributed by atoms with van der Waals surface area (Å²) in [4.78, 5) is 31.8. The highest BCUT2D eigenvalue weighted by molar-refractivity contribution is 5.54. The molecule has 2 atom stereocenters. The summed E-state index contributed by atoms with van der Waals surface area (Å²) in [5.74, 6) is 1.92. The van der Waals surface area contributed by atoms with Crippen molar-refractivity contribution >= 4 is 12.8 Å². The highest BCUT2D eigenvalue weighted by Crippen LogP contribution is 2.46. The maximum atomic E-state index is 11.5. The fourth-order valence-electron chi connectivity index (χ4n) is 10.3. The summed E-state index contributed by atoms with van der Waals surface area (Å²) in [5.41, 5.74) is 22.8. The van der Waals surface area contributed by atoms with Crippen LogP contribution in [0.5, 0.6) is 0 Å². The molecule has 55 heavy (non-hydrogen) atoms. The molecule has 0 spiro atoms. The molecular weight excluding hydrogens is 681 g/mol. The number of fused-ring (bicyclic) bond motifs is 4. The van der Waals surface area contributed by atoms with Crippen molar-refractivity contribution < 1.29 is 17.4 Å². The number of hydrogen-bond donors (Lipinski definition) is 2. The van der Waals surface area contributed by atoms with Crippen LogP contribution < -0.4 is 5.32 Å². The summed E-state index contributed by atoms with van der Waals surface area (Å²) in [7, 11) is 0. The van der Waals surface area contributed by atoms with Gasteiger partial charge in [0.1, 0.15) is 1.37 Å². The number of nitrogens with one attached hydrogen (secondary N) is 1. The van der Waals surface area contributed by atoms with E-state index in [1.807, 2.05) is 6.20 Å². The number of pyridine rings is 2. The molecule has 2 N–H and O–H groups in total. The number of carbonyl (C=O) groups excluding carboxylic acids is 1. The number of aryl methyl sites for hydroxylation is 8. The van der Waals surface area contributed by atoms with Crippen LogP contribution >= 0.6 is 0 Å². The first-order valence-corrected chi connectivity index (χ1v) is 20.4.